The van der Waals surface area contributed by atoms with Crippen LogP contribution in [0.4, 0.5) is 26.2 Å². The molecule has 0 fully saturated rings. The highest BCUT2D eigenvalue weighted by molar-refractivity contribution is 6.03. The van der Waals surface area contributed by atoms with Crippen molar-refractivity contribution < 1.29 is 13.6 Å². The van der Waals surface area contributed by atoms with Crippen LogP contribution in [0.1, 0.15) is 38.1 Å². The van der Waals surface area contributed by atoms with Crippen LogP contribution in [0, 0.1) is 24.5 Å². The highest BCUT2D eigenvalue weighted by atomic mass is 19.1. The molecule has 33 heavy (non-hydrogen) atoms. The van der Waals surface area contributed by atoms with Crippen LogP contribution in [0.5, 0.6) is 0 Å². The minimum absolute atomic E-state index is 0. The molecule has 2 aromatic heterocycles. The highest BCUT2D eigenvalue weighted by Crippen LogP contribution is 2.34. The number of halogens is 2. The summed E-state index contributed by atoms with van der Waals surface area (Å²) in [5.74, 6) is -0.0511. The number of benzene rings is 1. The molecule has 1 aliphatic rings. The maximum Gasteiger partial charge on any atom is 0.247 e. The van der Waals surface area contributed by atoms with E-state index in [1.807, 2.05) is 32.7 Å². The van der Waals surface area contributed by atoms with E-state index in [0.29, 0.717) is 35.3 Å². The van der Waals surface area contributed by atoms with Crippen molar-refractivity contribution in [1.82, 2.24) is 19.7 Å². The minimum atomic E-state index is -0.609. The molecule has 4 rings (SSSR count). The van der Waals surface area contributed by atoms with E-state index in [1.165, 1.54) is 12.1 Å². The molecule has 1 aromatic carbocycles. The minimum Gasteiger partial charge on any atom is -0.350 e. The van der Waals surface area contributed by atoms with Gasteiger partial charge in [-0.2, -0.15) is 10.1 Å². The lowest BCUT2D eigenvalue weighted by Gasteiger charge is -2.36. The Morgan fingerprint density at radius 2 is 2.00 bits per heavy atom. The topological polar surface area (TPSA) is 88.0 Å². The zero-order chi connectivity index (χ0) is 23.0. The van der Waals surface area contributed by atoms with Gasteiger partial charge in [0.2, 0.25) is 11.9 Å². The fourth-order valence-electron chi connectivity index (χ4n) is 3.88. The second kappa shape index (κ2) is 9.51. The summed E-state index contributed by atoms with van der Waals surface area (Å²) in [6.07, 6.45) is 3.45. The third-order valence-electron chi connectivity index (χ3n) is 5.46. The van der Waals surface area contributed by atoms with E-state index < -0.39 is 11.6 Å². The zero-order valence-corrected chi connectivity index (χ0v) is 18.4. The fraction of sp³-hybridized carbons (Fsp3) is 0.391. The van der Waals surface area contributed by atoms with Crippen molar-refractivity contribution in [2.75, 3.05) is 22.6 Å². The molecule has 0 spiro atoms. The monoisotopic (exact) mass is 457 g/mol. The summed E-state index contributed by atoms with van der Waals surface area (Å²) in [5, 5.41) is 10.4. The smallest absolute Gasteiger partial charge is 0.247 e. The van der Waals surface area contributed by atoms with Gasteiger partial charge in [-0.25, -0.2) is 13.8 Å². The van der Waals surface area contributed by atoms with Gasteiger partial charge in [-0.15, -0.1) is 0 Å². The van der Waals surface area contributed by atoms with Gasteiger partial charge in [0.15, 0.2) is 5.82 Å². The van der Waals surface area contributed by atoms with Gasteiger partial charge in [0, 0.05) is 37.0 Å². The Hall–Kier alpha value is -3.56. The molecule has 0 saturated heterocycles. The summed E-state index contributed by atoms with van der Waals surface area (Å²) in [5.41, 5.74) is 2.50. The molecule has 0 unspecified atom stereocenters. The van der Waals surface area contributed by atoms with E-state index in [9.17, 15) is 13.6 Å². The third kappa shape index (κ3) is 4.94. The number of nitrogens with one attached hydrogen (secondary N) is 2. The molecule has 10 heteroatoms. The predicted octanol–water partition coefficient (Wildman–Crippen LogP) is 3.97. The van der Waals surface area contributed by atoms with Crippen LogP contribution >= 0.6 is 0 Å². The van der Waals surface area contributed by atoms with Crippen molar-refractivity contribution in [2.24, 2.45) is 5.92 Å². The Labute approximate surface area is 192 Å². The number of aryl methyl sites for hydroxylation is 1. The van der Waals surface area contributed by atoms with E-state index >= 15 is 0 Å². The number of fused-ring (bicyclic) bond motifs is 1. The van der Waals surface area contributed by atoms with Crippen LogP contribution in [-0.2, 0) is 17.9 Å². The first-order valence-corrected chi connectivity index (χ1v) is 10.3. The van der Waals surface area contributed by atoms with Gasteiger partial charge in [-0.1, -0.05) is 27.3 Å². The standard InChI is InChI=1S/C22H25F2N7O.CH4/c1-12(2)19-21(32)28-18-13(3)27-22(29-20(18)30(19)4)25-8-14-9-26-31(10-14)11-15-5-6-16(23)7-17(15)24;/h5-7,9-10,12,19H,8,11H2,1-4H3,(H,28,32)(H,25,27,29);1H4/t19-;/m0./s1. The van der Waals surface area contributed by atoms with Crippen LogP contribution in [0.15, 0.2) is 30.6 Å². The number of hydrogen-bond donors (Lipinski definition) is 2. The molecule has 3 heterocycles. The quantitative estimate of drug-likeness (QED) is 0.582. The molecule has 1 atom stereocenters. The SMILES string of the molecule is C.Cc1nc(NCc2cnn(Cc3ccc(F)cc3F)c2)nc2c1NC(=O)[C@H](C(C)C)N2C. The largest absolute Gasteiger partial charge is 0.350 e. The fourth-order valence-corrected chi connectivity index (χ4v) is 3.88. The first-order valence-electron chi connectivity index (χ1n) is 10.3. The predicted molar refractivity (Wildman–Crippen MR) is 124 cm³/mol. The zero-order valence-electron chi connectivity index (χ0n) is 18.4. The van der Waals surface area contributed by atoms with Crippen molar-refractivity contribution >= 4 is 23.4 Å². The van der Waals surface area contributed by atoms with Gasteiger partial charge in [0.05, 0.1) is 18.4 Å². The Morgan fingerprint density at radius 3 is 2.70 bits per heavy atom. The number of carbonyl (C=O) groups is 1. The normalized spacial score (nSPS) is 15.2. The molecule has 0 bridgehead atoms. The first kappa shape index (κ1) is 24.1. The van der Waals surface area contributed by atoms with Crippen molar-refractivity contribution in [3.05, 3.63) is 59.0 Å². The van der Waals surface area contributed by atoms with Gasteiger partial charge in [-0.05, 0) is 18.9 Å². The molecule has 1 amide bonds. The van der Waals surface area contributed by atoms with Crippen molar-refractivity contribution in [3.8, 4) is 0 Å². The van der Waals surface area contributed by atoms with E-state index in [1.54, 1.807) is 17.1 Å². The molecule has 176 valence electrons. The number of nitrogens with zero attached hydrogens (tertiary/aromatic N) is 5. The van der Waals surface area contributed by atoms with Gasteiger partial charge in [0.25, 0.3) is 0 Å². The average Bonchev–Trinajstić information content (AvgIpc) is 3.17. The van der Waals surface area contributed by atoms with Gasteiger partial charge in [-0.3, -0.25) is 9.48 Å². The summed E-state index contributed by atoms with van der Waals surface area (Å²) in [4.78, 5) is 23.4. The Balaban J connectivity index is 0.00000306. The van der Waals surface area contributed by atoms with E-state index in [-0.39, 0.29) is 31.8 Å². The van der Waals surface area contributed by atoms with Crippen LogP contribution < -0.4 is 15.5 Å². The molecule has 8 nitrogen and oxygen atoms in total. The number of aromatic nitrogens is 4. The molecule has 3 aromatic rings. The third-order valence-corrected chi connectivity index (χ3v) is 5.46. The second-order valence-corrected chi connectivity index (χ2v) is 8.26. The van der Waals surface area contributed by atoms with Crippen LogP contribution in [0.25, 0.3) is 0 Å². The van der Waals surface area contributed by atoms with Crippen LogP contribution in [0.2, 0.25) is 0 Å². The lowest BCUT2D eigenvalue weighted by atomic mass is 9.99. The lowest BCUT2D eigenvalue weighted by molar-refractivity contribution is -0.118. The van der Waals surface area contributed by atoms with Gasteiger partial charge < -0.3 is 15.5 Å². The average molecular weight is 458 g/mol. The lowest BCUT2D eigenvalue weighted by Crippen LogP contribution is -2.49. The molecule has 0 aliphatic carbocycles. The summed E-state index contributed by atoms with van der Waals surface area (Å²) in [6.45, 7) is 6.42. The van der Waals surface area contributed by atoms with Crippen molar-refractivity contribution in [3.63, 3.8) is 0 Å². The number of amides is 1. The van der Waals surface area contributed by atoms with Gasteiger partial charge >= 0.3 is 0 Å². The summed E-state index contributed by atoms with van der Waals surface area (Å²) in [6, 6.07) is 3.19. The summed E-state index contributed by atoms with van der Waals surface area (Å²) in [7, 11) is 1.86. The molecular formula is C23H29F2N7O. The van der Waals surface area contributed by atoms with Gasteiger partial charge in [0.1, 0.15) is 23.4 Å². The van der Waals surface area contributed by atoms with E-state index in [0.717, 1.165) is 11.6 Å². The molecule has 1 aliphatic heterocycles. The number of carbonyl (C=O) groups excluding carboxylic acids is 1. The number of likely N-dealkylation sites (N-methyl/N-ethyl adjacent to an activating group) is 1. The molecular weight excluding hydrogens is 428 g/mol. The molecule has 0 radical (unpaired) electrons. The molecule has 2 N–H and O–H groups in total. The maximum atomic E-state index is 13.9. The number of rotatable bonds is 6. The number of hydrogen-bond acceptors (Lipinski definition) is 6. The Kier molecular flexibility index (Phi) is 6.95. The number of anilines is 3. The Morgan fingerprint density at radius 1 is 1.24 bits per heavy atom. The van der Waals surface area contributed by atoms with E-state index in [4.69, 9.17) is 0 Å². The van der Waals surface area contributed by atoms with Crippen LogP contribution in [0.3, 0.4) is 0 Å². The van der Waals surface area contributed by atoms with E-state index in [2.05, 4.69) is 25.7 Å². The first-order chi connectivity index (χ1) is 15.2. The highest BCUT2D eigenvalue weighted by Gasteiger charge is 2.35. The summed E-state index contributed by atoms with van der Waals surface area (Å²) >= 11 is 0. The van der Waals surface area contributed by atoms with Crippen LogP contribution in [-0.4, -0.2) is 38.7 Å². The molecule has 0 saturated carbocycles. The summed E-state index contributed by atoms with van der Waals surface area (Å²) < 4.78 is 28.6. The Bertz CT molecular complexity index is 1160. The van der Waals surface area contributed by atoms with Crippen molar-refractivity contribution in [2.45, 2.75) is 47.3 Å². The van der Waals surface area contributed by atoms with Crippen molar-refractivity contribution in [1.29, 1.82) is 0 Å². The maximum absolute atomic E-state index is 13.9. The second-order valence-electron chi connectivity index (χ2n) is 8.26.